The molecule has 0 nitrogen and oxygen atoms in total. The van der Waals surface area contributed by atoms with Gasteiger partial charge in [-0.2, -0.15) is 0 Å². The van der Waals surface area contributed by atoms with Crippen molar-refractivity contribution in [3.05, 3.63) is 10.2 Å². The molecule has 2 heteroatoms. The van der Waals surface area contributed by atoms with E-state index in [1.165, 1.54) is 3.59 Å². The van der Waals surface area contributed by atoms with E-state index < -0.39 is 19.8 Å². The van der Waals surface area contributed by atoms with Crippen LogP contribution in [0.1, 0.15) is 6.92 Å². The summed E-state index contributed by atoms with van der Waals surface area (Å²) in [5, 5.41) is 0. The maximum absolute atomic E-state index is 3.84. The monoisotopic (exact) mass is 280 g/mol. The smallest absolute Gasteiger partial charge is 0 e. The van der Waals surface area contributed by atoms with E-state index >= 15 is 0 Å². The zero-order valence-electron chi connectivity index (χ0n) is 5.28. The summed E-state index contributed by atoms with van der Waals surface area (Å²) in [7, 11) is 0. The second kappa shape index (κ2) is 5.77. The van der Waals surface area contributed by atoms with E-state index in [1.54, 1.807) is 0 Å². The predicted molar refractivity (Wildman–Crippen MR) is 32.3 cm³/mol. The van der Waals surface area contributed by atoms with Gasteiger partial charge in [0.05, 0.1) is 0 Å². The molecule has 0 heterocycles. The van der Waals surface area contributed by atoms with Crippen LogP contribution >= 0.6 is 0 Å². The van der Waals surface area contributed by atoms with Crippen LogP contribution in [-0.2, 0) is 32.7 Å². The second-order valence-corrected chi connectivity index (χ2v) is 9.92. The first-order valence-corrected chi connectivity index (χ1v) is 9.24. The minimum absolute atomic E-state index is 0. The van der Waals surface area contributed by atoms with E-state index in [-0.39, 0.29) is 32.7 Å². The largest absolute Gasteiger partial charge is 0 e. The molecule has 38 valence electrons. The Hall–Kier alpha value is 1.64. The summed E-state index contributed by atoms with van der Waals surface area (Å²) in [4.78, 5) is 4.68. The Balaban J connectivity index is 0. The van der Waals surface area contributed by atoms with Gasteiger partial charge in [-0.3, -0.25) is 0 Å². The molecule has 0 aromatic carbocycles. The minimum atomic E-state index is -0.894. The predicted octanol–water partition coefficient (Wildman–Crippen LogP) is 1.85. The molecular weight excluding hydrogens is 268 g/mol. The first kappa shape index (κ1) is 11.4. The Kier molecular flexibility index (Phi) is 9.44. The van der Waals surface area contributed by atoms with Crippen molar-refractivity contribution in [2.75, 3.05) is 0 Å². The van der Waals surface area contributed by atoms with E-state index in [9.17, 15) is 0 Å². The summed E-state index contributed by atoms with van der Waals surface area (Å²) in [6, 6.07) is 0. The van der Waals surface area contributed by atoms with Crippen molar-refractivity contribution in [3.8, 4) is 0 Å². The van der Waals surface area contributed by atoms with E-state index in [0.717, 1.165) is 0 Å². The molecule has 0 unspecified atom stereocenters. The molecule has 0 N–H and O–H groups in total. The second-order valence-electron chi connectivity index (χ2n) is 1.78. The van der Waals surface area contributed by atoms with E-state index in [4.69, 9.17) is 0 Å². The molecule has 2 radical (unpaired) electrons. The molecule has 0 aliphatic carbocycles. The van der Waals surface area contributed by atoms with Gasteiger partial charge in [0.25, 0.3) is 0 Å². The van der Waals surface area contributed by atoms with Gasteiger partial charge in [0.1, 0.15) is 0 Å². The summed E-state index contributed by atoms with van der Waals surface area (Å²) >= 11 is -0.894. The standard InChI is InChI=1S/C3H5.2CH3.Sn.Y/c1-3-2;;;;/h1H2,2H3;2*1H3;;. The van der Waals surface area contributed by atoms with Gasteiger partial charge in [-0.15, -0.1) is 0 Å². The molecule has 0 saturated heterocycles. The molecule has 0 amide bonds. The van der Waals surface area contributed by atoms with Crippen LogP contribution in [-0.4, -0.2) is 19.8 Å². The van der Waals surface area contributed by atoms with Crippen molar-refractivity contribution in [2.45, 2.75) is 16.8 Å². The van der Waals surface area contributed by atoms with Crippen molar-refractivity contribution < 1.29 is 32.7 Å². The van der Waals surface area contributed by atoms with Crippen molar-refractivity contribution in [1.29, 1.82) is 0 Å². The molecule has 0 aromatic rings. The first-order valence-electron chi connectivity index (χ1n) is 2.10. The van der Waals surface area contributed by atoms with E-state index in [2.05, 4.69) is 23.4 Å². The fourth-order valence-corrected chi connectivity index (χ4v) is 0. The van der Waals surface area contributed by atoms with Gasteiger partial charge in [-0.05, 0) is 0 Å². The van der Waals surface area contributed by atoms with Crippen LogP contribution in [0.4, 0.5) is 0 Å². The van der Waals surface area contributed by atoms with Crippen LogP contribution in [0.3, 0.4) is 0 Å². The Labute approximate surface area is 78.4 Å². The molecule has 0 atom stereocenters. The number of hydrogen-bond acceptors (Lipinski definition) is 0. The summed E-state index contributed by atoms with van der Waals surface area (Å²) < 4.78 is 1.46. The van der Waals surface area contributed by atoms with Gasteiger partial charge in [-0.1, -0.05) is 0 Å². The fourth-order valence-electron chi connectivity index (χ4n) is 0. The minimum Gasteiger partial charge on any atom is 0 e. The average molecular weight is 279 g/mol. The SMILES string of the molecule is C=[C](C)[Sn]([CH3])[CH3].[Y]. The van der Waals surface area contributed by atoms with Crippen LogP contribution < -0.4 is 0 Å². The number of hydrogen-bond donors (Lipinski definition) is 0. The quantitative estimate of drug-likeness (QED) is 0.642. The third-order valence-corrected chi connectivity index (χ3v) is 5.73. The first-order chi connectivity index (χ1) is 2.64. The zero-order chi connectivity index (χ0) is 5.15. The Morgan fingerprint density at radius 1 is 1.43 bits per heavy atom. The molecule has 0 aliphatic heterocycles. The van der Waals surface area contributed by atoms with Crippen molar-refractivity contribution in [1.82, 2.24) is 0 Å². The van der Waals surface area contributed by atoms with Crippen molar-refractivity contribution in [3.63, 3.8) is 0 Å². The van der Waals surface area contributed by atoms with Crippen LogP contribution in [0.5, 0.6) is 0 Å². The molecule has 0 aliphatic rings. The van der Waals surface area contributed by atoms with Gasteiger partial charge < -0.3 is 0 Å². The summed E-state index contributed by atoms with van der Waals surface area (Å²) in [6.45, 7) is 5.98. The molecule has 0 aromatic heterocycles. The molecule has 0 fully saturated rings. The molecular formula is C5H11SnY. The molecule has 7 heavy (non-hydrogen) atoms. The molecule has 0 rings (SSSR count). The van der Waals surface area contributed by atoms with Gasteiger partial charge in [-0.25, -0.2) is 0 Å². The Bertz CT molecular complexity index is 59.1. The van der Waals surface area contributed by atoms with Gasteiger partial charge in [0.2, 0.25) is 0 Å². The third-order valence-electron chi connectivity index (χ3n) is 0.854. The van der Waals surface area contributed by atoms with Gasteiger partial charge >= 0.3 is 46.7 Å². The molecule has 0 saturated carbocycles. The third kappa shape index (κ3) is 7.64. The number of allylic oxidation sites excluding steroid dienone is 1. The number of rotatable bonds is 1. The van der Waals surface area contributed by atoms with E-state index in [1.807, 2.05) is 0 Å². The zero-order valence-corrected chi connectivity index (χ0v) is 11.0. The average Bonchev–Trinajstić information content (AvgIpc) is 1.36. The van der Waals surface area contributed by atoms with Crippen molar-refractivity contribution >= 4 is 19.8 Å². The molecule has 0 spiro atoms. The topological polar surface area (TPSA) is 0 Å². The molecule has 0 bridgehead atoms. The summed E-state index contributed by atoms with van der Waals surface area (Å²) in [5.41, 5.74) is 0. The van der Waals surface area contributed by atoms with Crippen LogP contribution in [0.25, 0.3) is 0 Å². The van der Waals surface area contributed by atoms with Crippen molar-refractivity contribution in [2.24, 2.45) is 0 Å². The Morgan fingerprint density at radius 2 is 1.57 bits per heavy atom. The Morgan fingerprint density at radius 3 is 1.57 bits per heavy atom. The van der Waals surface area contributed by atoms with Gasteiger partial charge in [0.15, 0.2) is 0 Å². The normalized spacial score (nSPS) is 8.00. The van der Waals surface area contributed by atoms with Crippen LogP contribution in [0, 0.1) is 0 Å². The maximum atomic E-state index is 3.84. The summed E-state index contributed by atoms with van der Waals surface area (Å²) in [5.74, 6) is 0. The fraction of sp³-hybridized carbons (Fsp3) is 0.600. The van der Waals surface area contributed by atoms with E-state index in [0.29, 0.717) is 0 Å². The van der Waals surface area contributed by atoms with Crippen LogP contribution in [0.15, 0.2) is 10.2 Å². The van der Waals surface area contributed by atoms with Crippen LogP contribution in [0.2, 0.25) is 9.88 Å². The maximum Gasteiger partial charge on any atom is 0 e. The summed E-state index contributed by atoms with van der Waals surface area (Å²) in [6.07, 6.45) is 0. The van der Waals surface area contributed by atoms with Gasteiger partial charge in [0, 0.05) is 32.7 Å².